The summed E-state index contributed by atoms with van der Waals surface area (Å²) in [5.41, 5.74) is -0.499. The molecule has 18 heavy (non-hydrogen) atoms. The average molecular weight is 256 g/mol. The van der Waals surface area contributed by atoms with Crippen molar-refractivity contribution in [1.29, 1.82) is 5.26 Å². The van der Waals surface area contributed by atoms with Crippen LogP contribution < -0.4 is 5.32 Å². The minimum atomic E-state index is -0.499. The summed E-state index contributed by atoms with van der Waals surface area (Å²) in [4.78, 5) is 0. The Hall–Kier alpha value is -0.670. The van der Waals surface area contributed by atoms with E-state index in [2.05, 4.69) is 11.4 Å². The lowest BCUT2D eigenvalue weighted by molar-refractivity contribution is 0.0106. The summed E-state index contributed by atoms with van der Waals surface area (Å²) in [5, 5.41) is 12.6. The van der Waals surface area contributed by atoms with Crippen molar-refractivity contribution >= 4 is 0 Å². The molecule has 0 spiro atoms. The zero-order valence-corrected chi connectivity index (χ0v) is 11.4. The summed E-state index contributed by atoms with van der Waals surface area (Å²) >= 11 is 0. The molecule has 1 N–H and O–H groups in total. The van der Waals surface area contributed by atoms with Crippen molar-refractivity contribution in [3.63, 3.8) is 0 Å². The number of ether oxygens (including phenoxy) is 3. The van der Waals surface area contributed by atoms with Gasteiger partial charge in [-0.15, -0.1) is 0 Å². The van der Waals surface area contributed by atoms with E-state index in [4.69, 9.17) is 14.2 Å². The smallest absolute Gasteiger partial charge is 0.133 e. The van der Waals surface area contributed by atoms with Crippen molar-refractivity contribution in [3.8, 4) is 6.07 Å². The lowest BCUT2D eigenvalue weighted by Crippen LogP contribution is -2.50. The Morgan fingerprint density at radius 2 is 1.89 bits per heavy atom. The third kappa shape index (κ3) is 4.91. The van der Waals surface area contributed by atoms with Crippen LogP contribution in [0.4, 0.5) is 0 Å². The van der Waals surface area contributed by atoms with Gasteiger partial charge in [0.15, 0.2) is 0 Å². The van der Waals surface area contributed by atoms with Crippen LogP contribution in [0.15, 0.2) is 0 Å². The second-order valence-electron chi connectivity index (χ2n) is 4.55. The molecule has 0 radical (unpaired) electrons. The molecule has 104 valence electrons. The molecule has 0 aliphatic heterocycles. The predicted molar refractivity (Wildman–Crippen MR) is 68.3 cm³/mol. The lowest BCUT2D eigenvalue weighted by Gasteiger charge is -2.27. The second kappa shape index (κ2) is 8.44. The maximum atomic E-state index is 9.35. The van der Waals surface area contributed by atoms with Gasteiger partial charge in [-0.05, 0) is 25.3 Å². The molecule has 1 saturated carbocycles. The highest BCUT2D eigenvalue weighted by molar-refractivity contribution is 5.15. The van der Waals surface area contributed by atoms with E-state index in [1.54, 1.807) is 7.11 Å². The molecule has 1 aliphatic rings. The number of nitrogens with one attached hydrogen (secondary N) is 1. The van der Waals surface area contributed by atoms with Crippen molar-refractivity contribution < 1.29 is 14.2 Å². The average Bonchev–Trinajstić information content (AvgIpc) is 3.21. The van der Waals surface area contributed by atoms with Gasteiger partial charge >= 0.3 is 0 Å². The van der Waals surface area contributed by atoms with Crippen LogP contribution in [-0.4, -0.2) is 52.2 Å². The Bertz CT molecular complexity index is 263. The minimum absolute atomic E-state index is 0.440. The normalized spacial score (nSPS) is 18.3. The van der Waals surface area contributed by atoms with Crippen molar-refractivity contribution in [2.24, 2.45) is 5.92 Å². The minimum Gasteiger partial charge on any atom is -0.382 e. The molecule has 1 fully saturated rings. The highest BCUT2D eigenvalue weighted by atomic mass is 16.5. The second-order valence-corrected chi connectivity index (χ2v) is 4.55. The monoisotopic (exact) mass is 256 g/mol. The first kappa shape index (κ1) is 15.4. The molecule has 1 aliphatic carbocycles. The maximum absolute atomic E-state index is 9.35. The van der Waals surface area contributed by atoms with E-state index >= 15 is 0 Å². The largest absolute Gasteiger partial charge is 0.382 e. The number of hydrogen-bond donors (Lipinski definition) is 1. The first-order valence-corrected chi connectivity index (χ1v) is 6.59. The van der Waals surface area contributed by atoms with Gasteiger partial charge in [-0.2, -0.15) is 5.26 Å². The summed E-state index contributed by atoms with van der Waals surface area (Å²) in [7, 11) is 1.65. The van der Waals surface area contributed by atoms with Crippen LogP contribution in [0.1, 0.15) is 19.8 Å². The van der Waals surface area contributed by atoms with E-state index in [1.165, 1.54) is 0 Å². The number of methoxy groups -OCH3 is 1. The molecule has 5 heteroatoms. The molecule has 0 saturated heterocycles. The summed E-state index contributed by atoms with van der Waals surface area (Å²) in [6.45, 7) is 5.49. The molecule has 0 heterocycles. The van der Waals surface area contributed by atoms with E-state index in [1.807, 2.05) is 6.92 Å². The van der Waals surface area contributed by atoms with Crippen molar-refractivity contribution in [2.45, 2.75) is 25.3 Å². The molecule has 1 unspecified atom stereocenters. The van der Waals surface area contributed by atoms with Crippen LogP contribution in [0.5, 0.6) is 0 Å². The molecule has 1 atom stereocenters. The van der Waals surface area contributed by atoms with Crippen LogP contribution >= 0.6 is 0 Å². The third-order valence-electron chi connectivity index (χ3n) is 3.10. The van der Waals surface area contributed by atoms with Crippen molar-refractivity contribution in [1.82, 2.24) is 5.32 Å². The van der Waals surface area contributed by atoms with Gasteiger partial charge in [0.1, 0.15) is 5.54 Å². The Balaban J connectivity index is 2.16. The van der Waals surface area contributed by atoms with Gasteiger partial charge in [-0.3, -0.25) is 5.32 Å². The number of nitriles is 1. The Morgan fingerprint density at radius 3 is 2.44 bits per heavy atom. The number of nitrogens with zero attached hydrogens (tertiary/aromatic N) is 1. The standard InChI is InChI=1S/C13H24N2O3/c1-3-15-13(10-14,12-4-5-12)11-18-9-8-17-7-6-16-2/h12,15H,3-9,11H2,1-2H3. The van der Waals surface area contributed by atoms with Crippen molar-refractivity contribution in [3.05, 3.63) is 0 Å². The van der Waals surface area contributed by atoms with Gasteiger partial charge in [0.25, 0.3) is 0 Å². The molecular weight excluding hydrogens is 232 g/mol. The Labute approximate surface area is 109 Å². The van der Waals surface area contributed by atoms with Gasteiger partial charge in [0, 0.05) is 7.11 Å². The maximum Gasteiger partial charge on any atom is 0.133 e. The molecule has 0 amide bonds. The first-order chi connectivity index (χ1) is 8.79. The number of rotatable bonds is 11. The first-order valence-electron chi connectivity index (χ1n) is 6.59. The summed E-state index contributed by atoms with van der Waals surface area (Å²) in [5.74, 6) is 0.442. The fourth-order valence-electron chi connectivity index (χ4n) is 1.96. The van der Waals surface area contributed by atoms with Crippen LogP contribution in [0.2, 0.25) is 0 Å². The van der Waals surface area contributed by atoms with Gasteiger partial charge < -0.3 is 14.2 Å². The topological polar surface area (TPSA) is 63.5 Å². The molecule has 0 aromatic carbocycles. The van der Waals surface area contributed by atoms with Crippen molar-refractivity contribution in [2.75, 3.05) is 46.7 Å². The lowest BCUT2D eigenvalue weighted by atomic mass is 9.96. The Kier molecular flexibility index (Phi) is 7.21. The fraction of sp³-hybridized carbons (Fsp3) is 0.923. The fourth-order valence-corrected chi connectivity index (χ4v) is 1.96. The summed E-state index contributed by atoms with van der Waals surface area (Å²) < 4.78 is 15.8. The van der Waals surface area contributed by atoms with Gasteiger partial charge in [-0.25, -0.2) is 0 Å². The predicted octanol–water partition coefficient (Wildman–Crippen LogP) is 0.948. The molecule has 0 bridgehead atoms. The quantitative estimate of drug-likeness (QED) is 0.558. The summed E-state index contributed by atoms with van der Waals surface area (Å²) in [6.07, 6.45) is 2.24. The number of likely N-dealkylation sites (N-methyl/N-ethyl adjacent to an activating group) is 1. The Morgan fingerprint density at radius 1 is 1.22 bits per heavy atom. The highest BCUT2D eigenvalue weighted by Gasteiger charge is 2.45. The molecule has 1 rings (SSSR count). The molecule has 0 aromatic rings. The van der Waals surface area contributed by atoms with Crippen LogP contribution in [0, 0.1) is 17.2 Å². The highest BCUT2D eigenvalue weighted by Crippen LogP contribution is 2.39. The third-order valence-corrected chi connectivity index (χ3v) is 3.10. The van der Waals surface area contributed by atoms with E-state index in [9.17, 15) is 5.26 Å². The van der Waals surface area contributed by atoms with E-state index in [-0.39, 0.29) is 0 Å². The van der Waals surface area contributed by atoms with Gasteiger partial charge in [0.05, 0.1) is 39.1 Å². The zero-order valence-electron chi connectivity index (χ0n) is 11.4. The van der Waals surface area contributed by atoms with E-state index in [0.29, 0.717) is 39.0 Å². The zero-order chi connectivity index (χ0) is 13.3. The van der Waals surface area contributed by atoms with Crippen LogP contribution in [0.3, 0.4) is 0 Å². The van der Waals surface area contributed by atoms with Gasteiger partial charge in [-0.1, -0.05) is 6.92 Å². The SMILES string of the molecule is CCNC(C#N)(COCCOCCOC)C1CC1. The van der Waals surface area contributed by atoms with Crippen LogP contribution in [-0.2, 0) is 14.2 Å². The molecule has 0 aromatic heterocycles. The van der Waals surface area contributed by atoms with E-state index < -0.39 is 5.54 Å². The van der Waals surface area contributed by atoms with E-state index in [0.717, 1.165) is 19.4 Å². The number of hydrogen-bond acceptors (Lipinski definition) is 5. The van der Waals surface area contributed by atoms with Crippen LogP contribution in [0.25, 0.3) is 0 Å². The molecule has 5 nitrogen and oxygen atoms in total. The van der Waals surface area contributed by atoms with Gasteiger partial charge in [0.2, 0.25) is 0 Å². The molecular formula is C13H24N2O3. The summed E-state index contributed by atoms with van der Waals surface area (Å²) in [6, 6.07) is 2.39.